The third-order valence-electron chi connectivity index (χ3n) is 2.80. The number of carbonyl (C=O) groups excluding carboxylic acids is 1. The van der Waals surface area contributed by atoms with Crippen molar-refractivity contribution in [2.24, 2.45) is 5.92 Å². The van der Waals surface area contributed by atoms with E-state index in [-0.39, 0.29) is 17.2 Å². The van der Waals surface area contributed by atoms with E-state index in [0.29, 0.717) is 17.8 Å². The molecule has 0 atom stereocenters. The number of fused-ring (bicyclic) bond motifs is 1. The van der Waals surface area contributed by atoms with Crippen LogP contribution in [0.3, 0.4) is 0 Å². The first-order chi connectivity index (χ1) is 8.59. The van der Waals surface area contributed by atoms with Crippen molar-refractivity contribution in [3.8, 4) is 5.75 Å². The van der Waals surface area contributed by atoms with Crippen LogP contribution in [0, 0.1) is 5.92 Å². The monoisotopic (exact) mass is 242 g/mol. The Morgan fingerprint density at radius 2 is 1.89 bits per heavy atom. The second-order valence-electron chi connectivity index (χ2n) is 4.77. The first-order valence-electron chi connectivity index (χ1n) is 6.06. The second kappa shape index (κ2) is 5.08. The Hall–Kier alpha value is -2.03. The molecule has 2 rings (SSSR count). The van der Waals surface area contributed by atoms with Crippen molar-refractivity contribution in [1.29, 1.82) is 0 Å². The van der Waals surface area contributed by atoms with E-state index < -0.39 is 0 Å². The number of benzene rings is 2. The van der Waals surface area contributed by atoms with Gasteiger partial charge < -0.3 is 5.32 Å². The van der Waals surface area contributed by atoms with Crippen LogP contribution in [-0.4, -0.2) is 12.5 Å². The van der Waals surface area contributed by atoms with Gasteiger partial charge in [-0.2, -0.15) is 0 Å². The minimum atomic E-state index is -0.292. The lowest BCUT2D eigenvalue weighted by Crippen LogP contribution is -2.27. The molecule has 0 bridgehead atoms. The maximum absolute atomic E-state index is 12.2. The van der Waals surface area contributed by atoms with Gasteiger partial charge in [-0.25, -0.2) is 0 Å². The average molecular weight is 242 g/mol. The zero-order chi connectivity index (χ0) is 13.1. The normalized spacial score (nSPS) is 10.8. The van der Waals surface area contributed by atoms with Gasteiger partial charge in [0.05, 0.1) is 5.56 Å². The highest BCUT2D eigenvalue weighted by Gasteiger charge is 2.15. The molecule has 1 radical (unpaired) electrons. The molecule has 0 heterocycles. The molecule has 3 heteroatoms. The quantitative estimate of drug-likeness (QED) is 0.881. The van der Waals surface area contributed by atoms with Gasteiger partial charge in [-0.3, -0.25) is 9.90 Å². The maximum atomic E-state index is 12.2. The number of hydrogen-bond acceptors (Lipinski definition) is 1. The van der Waals surface area contributed by atoms with Gasteiger partial charge in [0.1, 0.15) is 0 Å². The molecule has 1 N–H and O–H groups in total. The Bertz CT molecular complexity index is 576. The fourth-order valence-corrected chi connectivity index (χ4v) is 1.81. The molecule has 1 amide bonds. The van der Waals surface area contributed by atoms with Crippen LogP contribution in [-0.2, 0) is 5.11 Å². The van der Waals surface area contributed by atoms with Gasteiger partial charge in [0.2, 0.25) is 0 Å². The van der Waals surface area contributed by atoms with Crippen molar-refractivity contribution in [3.63, 3.8) is 0 Å². The van der Waals surface area contributed by atoms with Crippen molar-refractivity contribution in [1.82, 2.24) is 5.32 Å². The number of nitrogens with one attached hydrogen (secondary N) is 1. The van der Waals surface area contributed by atoms with Gasteiger partial charge in [0.25, 0.3) is 5.91 Å². The number of amides is 1. The summed E-state index contributed by atoms with van der Waals surface area (Å²) in [5.74, 6) is -0.127. The molecule has 0 aliphatic carbocycles. The fraction of sp³-hybridized carbons (Fsp3) is 0.267. The van der Waals surface area contributed by atoms with Gasteiger partial charge in [-0.1, -0.05) is 44.2 Å². The number of hydrogen-bond donors (Lipinski definition) is 1. The van der Waals surface area contributed by atoms with Crippen LogP contribution in [0.5, 0.6) is 5.75 Å². The summed E-state index contributed by atoms with van der Waals surface area (Å²) in [4.78, 5) is 11.9. The third-order valence-corrected chi connectivity index (χ3v) is 2.80. The molecule has 0 aliphatic rings. The summed E-state index contributed by atoms with van der Waals surface area (Å²) in [6.45, 7) is 4.60. The smallest absolute Gasteiger partial charge is 0.255 e. The minimum absolute atomic E-state index is 0.200. The second-order valence-corrected chi connectivity index (χ2v) is 4.77. The zero-order valence-corrected chi connectivity index (χ0v) is 10.6. The summed E-state index contributed by atoms with van der Waals surface area (Å²) in [7, 11) is 0. The van der Waals surface area contributed by atoms with E-state index in [4.69, 9.17) is 0 Å². The fourth-order valence-electron chi connectivity index (χ4n) is 1.81. The summed E-state index contributed by atoms with van der Waals surface area (Å²) in [5.41, 5.74) is 0.217. The Morgan fingerprint density at radius 1 is 1.17 bits per heavy atom. The molecule has 0 unspecified atom stereocenters. The predicted octanol–water partition coefficient (Wildman–Crippen LogP) is 3.37. The lowest BCUT2D eigenvalue weighted by Gasteiger charge is -2.09. The van der Waals surface area contributed by atoms with E-state index in [9.17, 15) is 9.90 Å². The molecule has 0 saturated heterocycles. The molecule has 0 aliphatic heterocycles. The summed E-state index contributed by atoms with van der Waals surface area (Å²) < 4.78 is 0. The standard InChI is InChI=1S/C15H16NO2/c1-10(2)9-16-15(18)13-8-7-11-5-3-4-6-12(11)14(13)17/h3-8,10H,9H2,1-2H3,(H,16,18). The van der Waals surface area contributed by atoms with Crippen LogP contribution < -0.4 is 5.32 Å². The van der Waals surface area contributed by atoms with Crippen LogP contribution in [0.1, 0.15) is 24.2 Å². The van der Waals surface area contributed by atoms with Crippen LogP contribution in [0.4, 0.5) is 0 Å². The van der Waals surface area contributed by atoms with Crippen molar-refractivity contribution in [3.05, 3.63) is 42.0 Å². The number of carbonyl (C=O) groups is 1. The molecular formula is C15H16NO2. The van der Waals surface area contributed by atoms with Gasteiger partial charge in [0.15, 0.2) is 5.75 Å². The van der Waals surface area contributed by atoms with Crippen molar-refractivity contribution in [2.75, 3.05) is 6.54 Å². The maximum Gasteiger partial charge on any atom is 0.255 e. The van der Waals surface area contributed by atoms with Crippen LogP contribution >= 0.6 is 0 Å². The molecule has 0 spiro atoms. The molecule has 2 aromatic carbocycles. The Labute approximate surface area is 106 Å². The summed E-state index contributed by atoms with van der Waals surface area (Å²) >= 11 is 0. The van der Waals surface area contributed by atoms with E-state index in [1.807, 2.05) is 26.0 Å². The molecule has 3 nitrogen and oxygen atoms in total. The van der Waals surface area contributed by atoms with Crippen molar-refractivity contribution >= 4 is 16.7 Å². The molecular weight excluding hydrogens is 226 g/mol. The van der Waals surface area contributed by atoms with Crippen LogP contribution in [0.2, 0.25) is 0 Å². The average Bonchev–Trinajstić information content (AvgIpc) is 2.37. The van der Waals surface area contributed by atoms with E-state index >= 15 is 0 Å². The molecule has 2 aromatic rings. The first kappa shape index (κ1) is 12.4. The largest absolute Gasteiger partial charge is 0.352 e. The molecule has 0 aromatic heterocycles. The Kier molecular flexibility index (Phi) is 3.51. The third kappa shape index (κ3) is 2.45. The minimum Gasteiger partial charge on any atom is -0.352 e. The predicted molar refractivity (Wildman–Crippen MR) is 71.3 cm³/mol. The highest BCUT2D eigenvalue weighted by molar-refractivity contribution is 6.03. The Balaban J connectivity index is 2.34. The van der Waals surface area contributed by atoms with Crippen molar-refractivity contribution < 1.29 is 9.90 Å². The van der Waals surface area contributed by atoms with E-state index in [1.54, 1.807) is 24.3 Å². The highest BCUT2D eigenvalue weighted by atomic mass is 16.3. The lowest BCUT2D eigenvalue weighted by molar-refractivity contribution is 0.0945. The van der Waals surface area contributed by atoms with Crippen molar-refractivity contribution in [2.45, 2.75) is 13.8 Å². The van der Waals surface area contributed by atoms with E-state index in [0.717, 1.165) is 5.39 Å². The van der Waals surface area contributed by atoms with Gasteiger partial charge in [-0.15, -0.1) is 0 Å². The lowest BCUT2D eigenvalue weighted by atomic mass is 10.0. The molecule has 18 heavy (non-hydrogen) atoms. The first-order valence-corrected chi connectivity index (χ1v) is 6.06. The highest BCUT2D eigenvalue weighted by Crippen LogP contribution is 2.29. The van der Waals surface area contributed by atoms with Crippen LogP contribution in [0.15, 0.2) is 36.4 Å². The SMILES string of the molecule is CC(C)CNC(=O)c1ccc2ccccc2c1[O]. The number of rotatable bonds is 3. The van der Waals surface area contributed by atoms with Gasteiger partial charge >= 0.3 is 0 Å². The molecule has 93 valence electrons. The van der Waals surface area contributed by atoms with E-state index in [1.165, 1.54) is 0 Å². The summed E-state index contributed by atoms with van der Waals surface area (Å²) in [6, 6.07) is 10.7. The Morgan fingerprint density at radius 3 is 2.61 bits per heavy atom. The topological polar surface area (TPSA) is 49.0 Å². The summed E-state index contributed by atoms with van der Waals surface area (Å²) in [5, 5.41) is 16.4. The van der Waals surface area contributed by atoms with Gasteiger partial charge in [0, 0.05) is 11.9 Å². The zero-order valence-electron chi connectivity index (χ0n) is 10.6. The molecule has 0 fully saturated rings. The van der Waals surface area contributed by atoms with Crippen LogP contribution in [0.25, 0.3) is 10.8 Å². The summed E-state index contributed by atoms with van der Waals surface area (Å²) in [6.07, 6.45) is 0. The molecule has 0 saturated carbocycles. The van der Waals surface area contributed by atoms with Gasteiger partial charge in [-0.05, 0) is 17.4 Å². The van der Waals surface area contributed by atoms with E-state index in [2.05, 4.69) is 5.32 Å².